The van der Waals surface area contributed by atoms with Crippen molar-refractivity contribution in [3.8, 4) is 0 Å². The molecule has 0 radical (unpaired) electrons. The number of carbonyl (C=O) groups is 1. The molecule has 0 bridgehead atoms. The van der Waals surface area contributed by atoms with Crippen LogP contribution in [0.15, 0.2) is 20.9 Å². The number of morpholine rings is 1. The first-order chi connectivity index (χ1) is 13.3. The van der Waals surface area contributed by atoms with Crippen molar-refractivity contribution < 1.29 is 9.53 Å². The van der Waals surface area contributed by atoms with Gasteiger partial charge in [-0.3, -0.25) is 9.79 Å². The number of rotatable bonds is 6. The summed E-state index contributed by atoms with van der Waals surface area (Å²) in [5.41, 5.74) is 0. The number of piperidine rings is 1. The van der Waals surface area contributed by atoms with Crippen molar-refractivity contribution in [2.24, 2.45) is 10.9 Å². The number of carbonyl (C=O) groups excluding carboxylic acids is 1. The lowest BCUT2D eigenvalue weighted by Gasteiger charge is -2.36. The highest BCUT2D eigenvalue weighted by molar-refractivity contribution is 8.00. The monoisotopic (exact) mass is 411 g/mol. The molecule has 2 fully saturated rings. The van der Waals surface area contributed by atoms with Crippen molar-refractivity contribution in [1.29, 1.82) is 0 Å². The maximum Gasteiger partial charge on any atom is 0.225 e. The fraction of sp³-hybridized carbons (Fsp3) is 0.722. The van der Waals surface area contributed by atoms with E-state index in [-0.39, 0.29) is 5.92 Å². The first-order valence-corrected chi connectivity index (χ1v) is 11.5. The second kappa shape index (κ2) is 10.9. The van der Waals surface area contributed by atoms with Crippen LogP contribution >= 0.6 is 23.1 Å². The number of nitrogens with one attached hydrogen (secondary N) is 1. The van der Waals surface area contributed by atoms with Crippen molar-refractivity contribution in [3.63, 3.8) is 0 Å². The van der Waals surface area contributed by atoms with E-state index >= 15 is 0 Å². The zero-order valence-electron chi connectivity index (χ0n) is 15.9. The summed E-state index contributed by atoms with van der Waals surface area (Å²) in [5.74, 6) is 2.45. The zero-order valence-corrected chi connectivity index (χ0v) is 17.6. The number of nitrogens with zero attached hydrogens (tertiary/aromatic N) is 4. The predicted molar refractivity (Wildman–Crippen MR) is 111 cm³/mol. The van der Waals surface area contributed by atoms with Crippen LogP contribution in [-0.4, -0.2) is 85.4 Å². The molecule has 0 saturated carbocycles. The van der Waals surface area contributed by atoms with Gasteiger partial charge < -0.3 is 19.9 Å². The molecule has 0 spiro atoms. The van der Waals surface area contributed by atoms with E-state index in [2.05, 4.69) is 20.2 Å². The van der Waals surface area contributed by atoms with Crippen molar-refractivity contribution in [2.75, 3.05) is 58.7 Å². The van der Waals surface area contributed by atoms with E-state index in [9.17, 15) is 4.79 Å². The summed E-state index contributed by atoms with van der Waals surface area (Å²) in [6.07, 6.45) is 4.71. The largest absolute Gasteiger partial charge is 0.378 e. The van der Waals surface area contributed by atoms with Crippen molar-refractivity contribution in [1.82, 2.24) is 20.1 Å². The van der Waals surface area contributed by atoms with Crippen LogP contribution in [0, 0.1) is 5.92 Å². The minimum atomic E-state index is 0.146. The lowest BCUT2D eigenvalue weighted by atomic mass is 9.95. The average Bonchev–Trinajstić information content (AvgIpc) is 3.24. The van der Waals surface area contributed by atoms with E-state index in [4.69, 9.17) is 4.74 Å². The Morgan fingerprint density at radius 3 is 2.78 bits per heavy atom. The Balaban J connectivity index is 1.35. The van der Waals surface area contributed by atoms with Gasteiger partial charge in [0.25, 0.3) is 0 Å². The Morgan fingerprint density at radius 1 is 1.33 bits per heavy atom. The molecule has 7 nitrogen and oxygen atoms in total. The number of aromatic nitrogens is 1. The van der Waals surface area contributed by atoms with Gasteiger partial charge in [0.1, 0.15) is 4.34 Å². The topological polar surface area (TPSA) is 70.1 Å². The van der Waals surface area contributed by atoms with E-state index in [1.165, 1.54) is 0 Å². The summed E-state index contributed by atoms with van der Waals surface area (Å²) < 4.78 is 6.48. The second-order valence-corrected chi connectivity index (χ2v) is 8.91. The highest BCUT2D eigenvalue weighted by Crippen LogP contribution is 2.21. The van der Waals surface area contributed by atoms with Crippen LogP contribution < -0.4 is 5.32 Å². The third-order valence-corrected chi connectivity index (χ3v) is 6.97. The molecule has 1 N–H and O–H groups in total. The molecule has 1 aromatic heterocycles. The Hall–Kier alpha value is -1.32. The Kier molecular flexibility index (Phi) is 8.22. The van der Waals surface area contributed by atoms with Gasteiger partial charge in [0.05, 0.1) is 13.2 Å². The van der Waals surface area contributed by atoms with Crippen LogP contribution in [0.25, 0.3) is 0 Å². The molecule has 1 aromatic rings. The number of thioether (sulfide) groups is 1. The standard InChI is InChI=1S/C18H29N5O2S2/c1-19-17(20-5-2-13-26-18-21-6-14-27-18)23-7-3-15(4-8-23)16(24)22-9-11-25-12-10-22/h6,14-15H,2-5,7-13H2,1H3,(H,19,20). The molecule has 0 aliphatic carbocycles. The third kappa shape index (κ3) is 6.08. The minimum Gasteiger partial charge on any atom is -0.378 e. The van der Waals surface area contributed by atoms with Gasteiger partial charge in [0.15, 0.2) is 5.96 Å². The van der Waals surface area contributed by atoms with Crippen molar-refractivity contribution >= 4 is 35.0 Å². The molecule has 1 amide bonds. The Labute approximate surface area is 169 Å². The molecule has 2 saturated heterocycles. The molecule has 3 rings (SSSR count). The number of guanidine groups is 1. The molecule has 2 aliphatic rings. The fourth-order valence-corrected chi connectivity index (χ4v) is 5.07. The maximum atomic E-state index is 12.6. The maximum absolute atomic E-state index is 12.6. The lowest BCUT2D eigenvalue weighted by molar-refractivity contribution is -0.140. The van der Waals surface area contributed by atoms with Gasteiger partial charge in [-0.05, 0) is 19.3 Å². The lowest BCUT2D eigenvalue weighted by Crippen LogP contribution is -2.50. The smallest absolute Gasteiger partial charge is 0.225 e. The van der Waals surface area contributed by atoms with E-state index < -0.39 is 0 Å². The van der Waals surface area contributed by atoms with Crippen LogP contribution in [0.2, 0.25) is 0 Å². The van der Waals surface area contributed by atoms with E-state index in [0.29, 0.717) is 19.1 Å². The number of hydrogen-bond donors (Lipinski definition) is 1. The van der Waals surface area contributed by atoms with Crippen molar-refractivity contribution in [3.05, 3.63) is 11.6 Å². The van der Waals surface area contributed by atoms with Gasteiger partial charge in [-0.2, -0.15) is 0 Å². The van der Waals surface area contributed by atoms with Gasteiger partial charge in [-0.25, -0.2) is 4.98 Å². The summed E-state index contributed by atoms with van der Waals surface area (Å²) in [5, 5.41) is 5.47. The van der Waals surface area contributed by atoms with Gasteiger partial charge in [0, 0.05) is 63.0 Å². The first-order valence-electron chi connectivity index (χ1n) is 9.62. The Bertz CT molecular complexity index is 597. The van der Waals surface area contributed by atoms with E-state index in [1.54, 1.807) is 23.1 Å². The quantitative estimate of drug-likeness (QED) is 0.333. The summed E-state index contributed by atoms with van der Waals surface area (Å²) in [6, 6.07) is 0. The van der Waals surface area contributed by atoms with Crippen LogP contribution in [0.3, 0.4) is 0 Å². The number of hydrogen-bond acceptors (Lipinski definition) is 6. The molecule has 9 heteroatoms. The van der Waals surface area contributed by atoms with Gasteiger partial charge in [-0.1, -0.05) is 11.8 Å². The third-order valence-electron chi connectivity index (χ3n) is 4.92. The molecule has 27 heavy (non-hydrogen) atoms. The fourth-order valence-electron chi connectivity index (χ4n) is 3.43. The summed E-state index contributed by atoms with van der Waals surface area (Å²) in [7, 11) is 1.83. The molecule has 0 atom stereocenters. The molecule has 150 valence electrons. The van der Waals surface area contributed by atoms with E-state index in [1.807, 2.05) is 23.5 Å². The average molecular weight is 412 g/mol. The number of aliphatic imine (C=N–C) groups is 1. The molecular formula is C18H29N5O2S2. The number of ether oxygens (including phenoxy) is 1. The van der Waals surface area contributed by atoms with E-state index in [0.717, 1.165) is 68.0 Å². The van der Waals surface area contributed by atoms with Crippen LogP contribution in [0.1, 0.15) is 19.3 Å². The second-order valence-electron chi connectivity index (χ2n) is 6.67. The molecule has 2 aliphatic heterocycles. The SMILES string of the molecule is CN=C(NCCCSc1nccs1)N1CCC(C(=O)N2CCOCC2)CC1. The number of thiazole rings is 1. The molecule has 0 aromatic carbocycles. The summed E-state index contributed by atoms with van der Waals surface area (Å²) >= 11 is 3.49. The molecule has 0 unspecified atom stereocenters. The zero-order chi connectivity index (χ0) is 18.9. The Morgan fingerprint density at radius 2 is 2.11 bits per heavy atom. The minimum absolute atomic E-state index is 0.146. The van der Waals surface area contributed by atoms with Crippen molar-refractivity contribution in [2.45, 2.75) is 23.6 Å². The molecular weight excluding hydrogens is 382 g/mol. The van der Waals surface area contributed by atoms with Crippen LogP contribution in [-0.2, 0) is 9.53 Å². The highest BCUT2D eigenvalue weighted by Gasteiger charge is 2.30. The highest BCUT2D eigenvalue weighted by atomic mass is 32.2. The number of amides is 1. The van der Waals surface area contributed by atoms with Gasteiger partial charge >= 0.3 is 0 Å². The molecule has 3 heterocycles. The van der Waals surface area contributed by atoms with Crippen LogP contribution in [0.5, 0.6) is 0 Å². The normalized spacial score (nSPS) is 19.4. The van der Waals surface area contributed by atoms with Crippen LogP contribution in [0.4, 0.5) is 0 Å². The summed E-state index contributed by atoms with van der Waals surface area (Å²) in [6.45, 7) is 5.48. The number of likely N-dealkylation sites (tertiary alicyclic amines) is 1. The first kappa shape index (κ1) is 20.4. The summed E-state index contributed by atoms with van der Waals surface area (Å²) in [4.78, 5) is 25.6. The predicted octanol–water partition coefficient (Wildman–Crippen LogP) is 1.77. The van der Waals surface area contributed by atoms with Gasteiger partial charge in [0.2, 0.25) is 5.91 Å². The van der Waals surface area contributed by atoms with Gasteiger partial charge in [-0.15, -0.1) is 11.3 Å².